The van der Waals surface area contributed by atoms with Crippen LogP contribution < -0.4 is 12.4 Å². The van der Waals surface area contributed by atoms with Gasteiger partial charge < -0.3 is 12.4 Å². The van der Waals surface area contributed by atoms with Crippen LogP contribution in [0.3, 0.4) is 0 Å². The summed E-state index contributed by atoms with van der Waals surface area (Å²) in [7, 11) is -0.810. The fourth-order valence-electron chi connectivity index (χ4n) is 2.88. The monoisotopic (exact) mass is 349 g/mol. The van der Waals surface area contributed by atoms with Crippen molar-refractivity contribution in [1.29, 1.82) is 0 Å². The van der Waals surface area contributed by atoms with E-state index in [4.69, 9.17) is 4.98 Å². The van der Waals surface area contributed by atoms with Gasteiger partial charge in [0.05, 0.1) is 29.2 Å². The number of nitrogens with zero attached hydrogens (tertiary/aromatic N) is 1. The van der Waals surface area contributed by atoms with Gasteiger partial charge in [-0.25, -0.2) is 4.98 Å². The molecule has 1 aromatic rings. The van der Waals surface area contributed by atoms with Gasteiger partial charge in [0, 0.05) is 12.6 Å². The number of thiazole rings is 1. The first-order valence-electron chi connectivity index (χ1n) is 8.42. The average Bonchev–Trinajstić information content (AvgIpc) is 2.85. The van der Waals surface area contributed by atoms with Crippen molar-refractivity contribution in [2.24, 2.45) is 0 Å². The highest BCUT2D eigenvalue weighted by molar-refractivity contribution is 7.75. The molecule has 0 amide bonds. The van der Waals surface area contributed by atoms with Gasteiger partial charge in [-0.15, -0.1) is 11.3 Å². The molecule has 0 saturated carbocycles. The summed E-state index contributed by atoms with van der Waals surface area (Å²) >= 11 is 1.82. The van der Waals surface area contributed by atoms with Gasteiger partial charge in [-0.1, -0.05) is 40.0 Å². The quantitative estimate of drug-likeness (QED) is 0.558. The molecule has 4 heteroatoms. The van der Waals surface area contributed by atoms with Gasteiger partial charge in [0.1, 0.15) is 6.16 Å². The third-order valence-electron chi connectivity index (χ3n) is 4.12. The van der Waals surface area contributed by atoms with Gasteiger partial charge >= 0.3 is 0 Å². The Morgan fingerprint density at radius 2 is 1.43 bits per heavy atom. The highest BCUT2D eigenvalue weighted by atomic mass is 35.5. The molecule has 0 bridgehead atoms. The molecule has 1 heterocycles. The molecule has 1 rings (SSSR count). The second-order valence-electron chi connectivity index (χ2n) is 6.09. The van der Waals surface area contributed by atoms with Crippen LogP contribution in [0.15, 0.2) is 5.38 Å². The molecule has 0 saturated heterocycles. The Bertz CT molecular complexity index is 346. The maximum Gasteiger partial charge on any atom is 0.102 e. The number of rotatable bonds is 11. The summed E-state index contributed by atoms with van der Waals surface area (Å²) in [5, 5.41) is 3.55. The van der Waals surface area contributed by atoms with Gasteiger partial charge in [0.25, 0.3) is 0 Å². The molecule has 0 aliphatic rings. The highest BCUT2D eigenvalue weighted by Crippen LogP contribution is 2.63. The van der Waals surface area contributed by atoms with E-state index < -0.39 is 7.26 Å². The van der Waals surface area contributed by atoms with E-state index in [1.807, 2.05) is 11.3 Å². The van der Waals surface area contributed by atoms with Crippen LogP contribution in [0.25, 0.3) is 0 Å². The van der Waals surface area contributed by atoms with Crippen molar-refractivity contribution in [3.05, 3.63) is 16.1 Å². The zero-order chi connectivity index (χ0) is 14.8. The Morgan fingerprint density at radius 1 is 0.952 bits per heavy atom. The molecule has 0 aromatic carbocycles. The van der Waals surface area contributed by atoms with E-state index in [0.717, 1.165) is 0 Å². The molecule has 0 atom stereocenters. The Hall–Kier alpha value is 0.350. The number of halogens is 1. The van der Waals surface area contributed by atoms with Crippen molar-refractivity contribution in [3.8, 4) is 0 Å². The van der Waals surface area contributed by atoms with Crippen molar-refractivity contribution in [1.82, 2.24) is 4.98 Å². The number of aromatic nitrogens is 1. The predicted molar refractivity (Wildman–Crippen MR) is 96.8 cm³/mol. The largest absolute Gasteiger partial charge is 1.00 e. The van der Waals surface area contributed by atoms with Crippen LogP contribution in [-0.4, -0.2) is 23.5 Å². The predicted octanol–water partition coefficient (Wildman–Crippen LogP) is 3.37. The average molecular weight is 350 g/mol. The Morgan fingerprint density at radius 3 is 1.76 bits per heavy atom. The van der Waals surface area contributed by atoms with E-state index in [0.29, 0.717) is 0 Å². The Balaban J connectivity index is 0.00000400. The van der Waals surface area contributed by atoms with Crippen LogP contribution in [0.5, 0.6) is 0 Å². The first-order valence-corrected chi connectivity index (χ1v) is 11.8. The summed E-state index contributed by atoms with van der Waals surface area (Å²) in [5.74, 6) is 0. The lowest BCUT2D eigenvalue weighted by atomic mass is 10.4. The van der Waals surface area contributed by atoms with Gasteiger partial charge in [-0.3, -0.25) is 0 Å². The second kappa shape index (κ2) is 11.9. The summed E-state index contributed by atoms with van der Waals surface area (Å²) in [5.41, 5.74) is 1.39. The van der Waals surface area contributed by atoms with E-state index in [1.165, 1.54) is 73.9 Å². The van der Waals surface area contributed by atoms with Crippen LogP contribution in [0.4, 0.5) is 0 Å². The standard InChI is InChI=1S/C17H33NPS.ClH/c1-5-8-11-19(12-9-6-2,13-10-7-3)14-17-15-20-16(4)18-17;/h15H,5-14H2,1-4H3;1H/q+1;/p-1. The van der Waals surface area contributed by atoms with Gasteiger partial charge in [-0.2, -0.15) is 0 Å². The van der Waals surface area contributed by atoms with Gasteiger partial charge in [0.15, 0.2) is 0 Å². The molecule has 21 heavy (non-hydrogen) atoms. The number of unbranched alkanes of at least 4 members (excludes halogenated alkanes) is 3. The van der Waals surface area contributed by atoms with Crippen LogP contribution >= 0.6 is 18.6 Å². The van der Waals surface area contributed by atoms with Crippen LogP contribution in [-0.2, 0) is 6.16 Å². The fourth-order valence-corrected chi connectivity index (χ4v) is 8.57. The molecule has 0 aliphatic carbocycles. The summed E-state index contributed by atoms with van der Waals surface area (Å²) in [4.78, 5) is 4.77. The molecular formula is C17H33ClNPS. The smallest absolute Gasteiger partial charge is 0.102 e. The van der Waals surface area contributed by atoms with E-state index in [-0.39, 0.29) is 12.4 Å². The summed E-state index contributed by atoms with van der Waals surface area (Å²) in [6.45, 7) is 9.14. The lowest BCUT2D eigenvalue weighted by molar-refractivity contribution is -0.00000467. The molecule has 0 fully saturated rings. The molecule has 0 N–H and O–H groups in total. The van der Waals surface area contributed by atoms with Crippen molar-refractivity contribution in [2.45, 2.75) is 72.4 Å². The molecule has 1 aromatic heterocycles. The van der Waals surface area contributed by atoms with Crippen molar-refractivity contribution in [2.75, 3.05) is 18.5 Å². The second-order valence-corrected chi connectivity index (χ2v) is 11.5. The van der Waals surface area contributed by atoms with E-state index in [2.05, 4.69) is 33.1 Å². The van der Waals surface area contributed by atoms with Crippen LogP contribution in [0, 0.1) is 6.92 Å². The minimum atomic E-state index is -0.810. The lowest BCUT2D eigenvalue weighted by Gasteiger charge is -2.27. The summed E-state index contributed by atoms with van der Waals surface area (Å²) in [6, 6.07) is 0. The minimum Gasteiger partial charge on any atom is -1.00 e. The van der Waals surface area contributed by atoms with Crippen molar-refractivity contribution < 1.29 is 12.4 Å². The van der Waals surface area contributed by atoms with Crippen LogP contribution in [0.2, 0.25) is 0 Å². The van der Waals surface area contributed by atoms with Crippen molar-refractivity contribution in [3.63, 3.8) is 0 Å². The molecule has 1 nitrogen and oxygen atoms in total. The van der Waals surface area contributed by atoms with E-state index in [9.17, 15) is 0 Å². The maximum atomic E-state index is 4.77. The van der Waals surface area contributed by atoms with E-state index in [1.54, 1.807) is 0 Å². The molecule has 124 valence electrons. The van der Waals surface area contributed by atoms with E-state index >= 15 is 0 Å². The molecule has 0 radical (unpaired) electrons. The van der Waals surface area contributed by atoms with Gasteiger partial charge in [0.2, 0.25) is 0 Å². The molecule has 0 aliphatic heterocycles. The molecular weight excluding hydrogens is 317 g/mol. The maximum absolute atomic E-state index is 4.77. The number of hydrogen-bond donors (Lipinski definition) is 0. The number of aryl methyl sites for hydroxylation is 1. The first kappa shape index (κ1) is 21.4. The zero-order valence-corrected chi connectivity index (χ0v) is 16.8. The topological polar surface area (TPSA) is 12.9 Å². The normalized spacial score (nSPS) is 11.4. The van der Waals surface area contributed by atoms with Crippen molar-refractivity contribution >= 4 is 18.6 Å². The first-order chi connectivity index (χ1) is 9.65. The number of hydrogen-bond acceptors (Lipinski definition) is 2. The summed E-state index contributed by atoms with van der Waals surface area (Å²) < 4.78 is 0. The third kappa shape index (κ3) is 7.95. The highest BCUT2D eigenvalue weighted by Gasteiger charge is 2.36. The van der Waals surface area contributed by atoms with Gasteiger partial charge in [-0.05, 0) is 26.2 Å². The third-order valence-corrected chi connectivity index (χ3v) is 9.73. The SMILES string of the molecule is CCCC[P+](CCCC)(CCCC)Cc1csc(C)n1.[Cl-]. The summed E-state index contributed by atoms with van der Waals surface area (Å²) in [6.07, 6.45) is 14.1. The molecule has 0 unspecified atom stereocenters. The van der Waals surface area contributed by atoms with Crippen LogP contribution in [0.1, 0.15) is 70.0 Å². The zero-order valence-electron chi connectivity index (χ0n) is 14.3. The fraction of sp³-hybridized carbons (Fsp3) is 0.824. The Labute approximate surface area is 143 Å². The lowest BCUT2D eigenvalue weighted by Crippen LogP contribution is -3.00. The minimum absolute atomic E-state index is 0. The Kier molecular flexibility index (Phi) is 12.1. The molecule has 0 spiro atoms.